The largest absolute Gasteiger partial charge is 0.462 e. The summed E-state index contributed by atoms with van der Waals surface area (Å²) < 4.78 is 16.8. The van der Waals surface area contributed by atoms with Crippen LogP contribution >= 0.6 is 0 Å². The predicted octanol–water partition coefficient (Wildman–Crippen LogP) is 16.6. The topological polar surface area (TPSA) is 78.9 Å². The monoisotopic (exact) mass is 819 g/mol. The van der Waals surface area contributed by atoms with Crippen LogP contribution in [0.1, 0.15) is 284 Å². The summed E-state index contributed by atoms with van der Waals surface area (Å²) in [6.45, 7) is 6.64. The second-order valence-electron chi connectivity index (χ2n) is 17.4. The molecule has 0 unspecified atom stereocenters. The third kappa shape index (κ3) is 45.2. The second-order valence-corrected chi connectivity index (χ2v) is 17.4. The van der Waals surface area contributed by atoms with Crippen LogP contribution in [0.4, 0.5) is 0 Å². The summed E-state index contributed by atoms with van der Waals surface area (Å²) in [5.74, 6) is -0.862. The van der Waals surface area contributed by atoms with Crippen molar-refractivity contribution in [3.63, 3.8) is 0 Å². The number of esters is 3. The van der Waals surface area contributed by atoms with E-state index in [0.717, 1.165) is 64.2 Å². The van der Waals surface area contributed by atoms with Crippen molar-refractivity contribution < 1.29 is 28.6 Å². The molecule has 0 aromatic carbocycles. The molecule has 0 aliphatic rings. The molecule has 0 aromatic rings. The first kappa shape index (κ1) is 56.1. The Balaban J connectivity index is 4.31. The first-order chi connectivity index (χ1) is 28.5. The Kier molecular flexibility index (Phi) is 46.3. The summed E-state index contributed by atoms with van der Waals surface area (Å²) in [5, 5.41) is 0. The van der Waals surface area contributed by atoms with Gasteiger partial charge in [0.1, 0.15) is 13.2 Å². The van der Waals surface area contributed by atoms with Crippen LogP contribution in [-0.4, -0.2) is 37.2 Å². The average Bonchev–Trinajstić information content (AvgIpc) is 3.22. The van der Waals surface area contributed by atoms with Crippen LogP contribution < -0.4 is 0 Å². The first-order valence-electron chi connectivity index (χ1n) is 25.7. The molecule has 0 heterocycles. The summed E-state index contributed by atoms with van der Waals surface area (Å²) in [6, 6.07) is 0. The highest BCUT2D eigenvalue weighted by molar-refractivity contribution is 5.71. The number of allylic oxidation sites excluding steroid dienone is 2. The minimum absolute atomic E-state index is 0.0682. The lowest BCUT2D eigenvalue weighted by molar-refractivity contribution is -0.167. The first-order valence-corrected chi connectivity index (χ1v) is 25.7. The van der Waals surface area contributed by atoms with E-state index in [1.807, 2.05) is 0 Å². The second kappa shape index (κ2) is 47.8. The highest BCUT2D eigenvalue weighted by Crippen LogP contribution is 2.16. The fourth-order valence-electron chi connectivity index (χ4n) is 7.61. The van der Waals surface area contributed by atoms with Crippen molar-refractivity contribution in [2.75, 3.05) is 13.2 Å². The van der Waals surface area contributed by atoms with E-state index in [1.54, 1.807) is 0 Å². The van der Waals surface area contributed by atoms with Gasteiger partial charge in [0, 0.05) is 19.3 Å². The molecule has 0 radical (unpaired) electrons. The van der Waals surface area contributed by atoms with Crippen molar-refractivity contribution in [2.24, 2.45) is 0 Å². The normalized spacial score (nSPS) is 12.0. The molecule has 0 rings (SSSR count). The molecule has 0 spiro atoms. The molecule has 0 amide bonds. The maximum Gasteiger partial charge on any atom is 0.306 e. The van der Waals surface area contributed by atoms with Crippen molar-refractivity contribution in [3.05, 3.63) is 12.2 Å². The molecule has 6 nitrogen and oxygen atoms in total. The summed E-state index contributed by atoms with van der Waals surface area (Å²) in [5.41, 5.74) is 0. The molecule has 0 saturated heterocycles. The van der Waals surface area contributed by atoms with Crippen LogP contribution in [0.5, 0.6) is 0 Å². The fourth-order valence-corrected chi connectivity index (χ4v) is 7.61. The zero-order chi connectivity index (χ0) is 42.3. The summed E-state index contributed by atoms with van der Waals surface area (Å²) in [7, 11) is 0. The van der Waals surface area contributed by atoms with E-state index in [2.05, 4.69) is 32.9 Å². The van der Waals surface area contributed by atoms with E-state index in [9.17, 15) is 14.4 Å². The molecule has 1 atom stereocenters. The van der Waals surface area contributed by atoms with E-state index < -0.39 is 6.10 Å². The SMILES string of the molecule is CCCCC/C=C\CCCCCCCC(=O)O[C@H](COC(=O)CCCCCCCCCCCCCC)COC(=O)CCCCCCCCCCCCCCCCCC. The van der Waals surface area contributed by atoms with E-state index in [1.165, 1.54) is 180 Å². The van der Waals surface area contributed by atoms with Gasteiger partial charge in [-0.1, -0.05) is 232 Å². The molecular weight excluding hydrogens is 721 g/mol. The Hall–Kier alpha value is -1.85. The number of carbonyl (C=O) groups is 3. The number of carbonyl (C=O) groups excluding carboxylic acids is 3. The quantitative estimate of drug-likeness (QED) is 0.0263. The number of rotatable bonds is 47. The number of hydrogen-bond donors (Lipinski definition) is 0. The van der Waals surface area contributed by atoms with Gasteiger partial charge in [0.15, 0.2) is 6.10 Å². The molecule has 0 fully saturated rings. The van der Waals surface area contributed by atoms with E-state index in [4.69, 9.17) is 14.2 Å². The van der Waals surface area contributed by atoms with Crippen LogP contribution in [-0.2, 0) is 28.6 Å². The van der Waals surface area contributed by atoms with Gasteiger partial charge in [0.05, 0.1) is 0 Å². The Bertz CT molecular complexity index is 900. The van der Waals surface area contributed by atoms with E-state index in [-0.39, 0.29) is 31.1 Å². The highest BCUT2D eigenvalue weighted by atomic mass is 16.6. The smallest absolute Gasteiger partial charge is 0.306 e. The molecule has 342 valence electrons. The van der Waals surface area contributed by atoms with Crippen LogP contribution in [0.15, 0.2) is 12.2 Å². The lowest BCUT2D eigenvalue weighted by Gasteiger charge is -2.18. The van der Waals surface area contributed by atoms with Crippen molar-refractivity contribution in [2.45, 2.75) is 290 Å². The Labute approximate surface area is 360 Å². The van der Waals surface area contributed by atoms with E-state index in [0.29, 0.717) is 19.3 Å². The van der Waals surface area contributed by atoms with E-state index >= 15 is 0 Å². The molecule has 0 saturated carbocycles. The van der Waals surface area contributed by atoms with Gasteiger partial charge in [-0.2, -0.15) is 0 Å². The molecule has 58 heavy (non-hydrogen) atoms. The van der Waals surface area contributed by atoms with Gasteiger partial charge in [0.25, 0.3) is 0 Å². The van der Waals surface area contributed by atoms with Crippen LogP contribution in [0, 0.1) is 0 Å². The van der Waals surface area contributed by atoms with Gasteiger partial charge >= 0.3 is 17.9 Å². The average molecular weight is 819 g/mol. The van der Waals surface area contributed by atoms with Gasteiger partial charge in [-0.3, -0.25) is 14.4 Å². The maximum absolute atomic E-state index is 12.7. The van der Waals surface area contributed by atoms with Crippen molar-refractivity contribution in [1.82, 2.24) is 0 Å². The highest BCUT2D eigenvalue weighted by Gasteiger charge is 2.19. The fraction of sp³-hybridized carbons (Fsp3) is 0.904. The third-order valence-electron chi connectivity index (χ3n) is 11.5. The zero-order valence-corrected chi connectivity index (χ0v) is 39.1. The predicted molar refractivity (Wildman–Crippen MR) is 247 cm³/mol. The molecule has 0 aliphatic heterocycles. The molecule has 0 bridgehead atoms. The minimum atomic E-state index is -0.766. The third-order valence-corrected chi connectivity index (χ3v) is 11.5. The van der Waals surface area contributed by atoms with Crippen LogP contribution in [0.2, 0.25) is 0 Å². The molecular formula is C52H98O6. The van der Waals surface area contributed by atoms with Crippen molar-refractivity contribution in [3.8, 4) is 0 Å². The number of ether oxygens (including phenoxy) is 3. The number of unbranched alkanes of at least 4 members (excludes halogenated alkanes) is 34. The molecule has 6 heteroatoms. The standard InChI is InChI=1S/C52H98O6/c1-4-7-10-13-16-19-22-25-26-27-28-31-33-36-39-42-45-51(54)57-48-49(58-52(55)46-43-40-37-34-30-24-21-18-15-12-9-6-3)47-56-50(53)44-41-38-35-32-29-23-20-17-14-11-8-5-2/h18,21,49H,4-17,19-20,22-48H2,1-3H3/b21-18-/t49-/m1/s1. The van der Waals surface area contributed by atoms with Crippen molar-refractivity contribution in [1.29, 1.82) is 0 Å². The minimum Gasteiger partial charge on any atom is -0.462 e. The summed E-state index contributed by atoms with van der Waals surface area (Å²) in [4.78, 5) is 37.9. The Morgan fingerprint density at radius 2 is 0.569 bits per heavy atom. The maximum atomic E-state index is 12.7. The van der Waals surface area contributed by atoms with Gasteiger partial charge in [-0.25, -0.2) is 0 Å². The van der Waals surface area contributed by atoms with Gasteiger partial charge in [-0.05, 0) is 44.9 Å². The lowest BCUT2D eigenvalue weighted by Crippen LogP contribution is -2.30. The Morgan fingerprint density at radius 1 is 0.328 bits per heavy atom. The van der Waals surface area contributed by atoms with Crippen molar-refractivity contribution >= 4 is 17.9 Å². The summed E-state index contributed by atoms with van der Waals surface area (Å²) in [6.07, 6.45) is 51.9. The van der Waals surface area contributed by atoms with Gasteiger partial charge < -0.3 is 14.2 Å². The molecule has 0 aromatic heterocycles. The molecule has 0 N–H and O–H groups in total. The molecule has 0 aliphatic carbocycles. The Morgan fingerprint density at radius 3 is 0.897 bits per heavy atom. The summed E-state index contributed by atoms with van der Waals surface area (Å²) >= 11 is 0. The van der Waals surface area contributed by atoms with Gasteiger partial charge in [-0.15, -0.1) is 0 Å². The number of hydrogen-bond acceptors (Lipinski definition) is 6. The zero-order valence-electron chi connectivity index (χ0n) is 39.1. The lowest BCUT2D eigenvalue weighted by atomic mass is 10.0. The van der Waals surface area contributed by atoms with Crippen LogP contribution in [0.3, 0.4) is 0 Å². The van der Waals surface area contributed by atoms with Crippen LogP contribution in [0.25, 0.3) is 0 Å². The van der Waals surface area contributed by atoms with Gasteiger partial charge in [0.2, 0.25) is 0 Å².